The van der Waals surface area contributed by atoms with Gasteiger partial charge in [0.25, 0.3) is 0 Å². The average molecular weight is 338 g/mol. The summed E-state index contributed by atoms with van der Waals surface area (Å²) in [5, 5.41) is 13.3. The third-order valence-electron chi connectivity index (χ3n) is 4.50. The number of methoxy groups -OCH3 is 1. The lowest BCUT2D eigenvalue weighted by Crippen LogP contribution is -2.42. The Labute approximate surface area is 142 Å². The molecule has 6 heteroatoms. The third kappa shape index (κ3) is 5.85. The van der Waals surface area contributed by atoms with Crippen molar-refractivity contribution in [3.8, 4) is 0 Å². The summed E-state index contributed by atoms with van der Waals surface area (Å²) in [6.07, 6.45) is 1.90. The van der Waals surface area contributed by atoms with Crippen LogP contribution in [0.1, 0.15) is 30.9 Å². The van der Waals surface area contributed by atoms with Crippen LogP contribution in [-0.4, -0.2) is 55.8 Å². The molecule has 0 bridgehead atoms. The summed E-state index contributed by atoms with van der Waals surface area (Å²) in [6.45, 7) is 3.24. The van der Waals surface area contributed by atoms with Gasteiger partial charge in [-0.25, -0.2) is 4.39 Å². The fraction of sp³-hybridized carbons (Fsp3) is 0.611. The topological polar surface area (TPSA) is 61.8 Å². The fourth-order valence-corrected chi connectivity index (χ4v) is 3.06. The van der Waals surface area contributed by atoms with E-state index in [1.807, 2.05) is 0 Å². The molecule has 24 heavy (non-hydrogen) atoms. The number of carbonyl (C=O) groups excluding carboxylic acids is 1. The first-order valence-corrected chi connectivity index (χ1v) is 8.51. The molecule has 0 saturated carbocycles. The van der Waals surface area contributed by atoms with Gasteiger partial charge in [-0.3, -0.25) is 9.69 Å². The molecule has 1 saturated heterocycles. The SMILES string of the molecule is COCCCNC(=O)CN1CCC(C(O)c2ccc(F)cc2)CC1. The Morgan fingerprint density at radius 1 is 1.38 bits per heavy atom. The molecule has 134 valence electrons. The molecule has 0 aromatic heterocycles. The minimum Gasteiger partial charge on any atom is -0.388 e. The molecule has 1 aromatic carbocycles. The van der Waals surface area contributed by atoms with Crippen molar-refractivity contribution in [1.29, 1.82) is 0 Å². The lowest BCUT2D eigenvalue weighted by Gasteiger charge is -2.34. The quantitative estimate of drug-likeness (QED) is 0.709. The maximum Gasteiger partial charge on any atom is 0.234 e. The van der Waals surface area contributed by atoms with E-state index in [0.717, 1.165) is 37.9 Å². The highest BCUT2D eigenvalue weighted by molar-refractivity contribution is 5.77. The molecule has 1 aliphatic rings. The van der Waals surface area contributed by atoms with Crippen LogP contribution in [0.2, 0.25) is 0 Å². The molecule has 0 aliphatic carbocycles. The Morgan fingerprint density at radius 3 is 2.67 bits per heavy atom. The van der Waals surface area contributed by atoms with Gasteiger partial charge >= 0.3 is 0 Å². The highest BCUT2D eigenvalue weighted by atomic mass is 19.1. The molecule has 1 fully saturated rings. The number of nitrogens with zero attached hydrogens (tertiary/aromatic N) is 1. The van der Waals surface area contributed by atoms with Crippen LogP contribution in [0, 0.1) is 11.7 Å². The highest BCUT2D eigenvalue weighted by Crippen LogP contribution is 2.30. The van der Waals surface area contributed by atoms with E-state index in [1.165, 1.54) is 12.1 Å². The maximum absolute atomic E-state index is 13.0. The summed E-state index contributed by atoms with van der Waals surface area (Å²) in [6, 6.07) is 6.03. The van der Waals surface area contributed by atoms with E-state index < -0.39 is 6.10 Å². The van der Waals surface area contributed by atoms with E-state index in [4.69, 9.17) is 4.74 Å². The fourth-order valence-electron chi connectivity index (χ4n) is 3.06. The van der Waals surface area contributed by atoms with E-state index in [9.17, 15) is 14.3 Å². The number of carbonyl (C=O) groups is 1. The zero-order valence-corrected chi connectivity index (χ0v) is 14.2. The van der Waals surface area contributed by atoms with Crippen LogP contribution in [0.25, 0.3) is 0 Å². The number of nitrogens with one attached hydrogen (secondary N) is 1. The number of amides is 1. The van der Waals surface area contributed by atoms with E-state index in [2.05, 4.69) is 10.2 Å². The molecule has 0 spiro atoms. The zero-order valence-electron chi connectivity index (χ0n) is 14.2. The van der Waals surface area contributed by atoms with Crippen LogP contribution < -0.4 is 5.32 Å². The first-order valence-electron chi connectivity index (χ1n) is 8.51. The molecule has 1 amide bonds. The van der Waals surface area contributed by atoms with Crippen molar-refractivity contribution in [1.82, 2.24) is 10.2 Å². The van der Waals surface area contributed by atoms with Crippen molar-refractivity contribution >= 4 is 5.91 Å². The number of hydrogen-bond acceptors (Lipinski definition) is 4. The Hall–Kier alpha value is -1.50. The number of aliphatic hydroxyl groups is 1. The predicted octanol–water partition coefficient (Wildman–Crippen LogP) is 1.72. The minimum absolute atomic E-state index is 0.0311. The lowest BCUT2D eigenvalue weighted by molar-refractivity contribution is -0.122. The standard InChI is InChI=1S/C18H27FN2O3/c1-24-12-2-9-20-17(22)13-21-10-7-15(8-11-21)18(23)14-3-5-16(19)6-4-14/h3-6,15,18,23H,2,7-13H2,1H3,(H,20,22). The first kappa shape index (κ1) is 18.8. The molecular weight excluding hydrogens is 311 g/mol. The van der Waals surface area contributed by atoms with Crippen molar-refractivity contribution in [3.63, 3.8) is 0 Å². The van der Waals surface area contributed by atoms with Crippen molar-refractivity contribution in [3.05, 3.63) is 35.6 Å². The van der Waals surface area contributed by atoms with Gasteiger partial charge in [-0.15, -0.1) is 0 Å². The van der Waals surface area contributed by atoms with Crippen LogP contribution >= 0.6 is 0 Å². The maximum atomic E-state index is 13.0. The smallest absolute Gasteiger partial charge is 0.234 e. The summed E-state index contributed by atoms with van der Waals surface area (Å²) < 4.78 is 17.9. The molecule has 5 nitrogen and oxygen atoms in total. The van der Waals surface area contributed by atoms with Gasteiger partial charge < -0.3 is 15.2 Å². The van der Waals surface area contributed by atoms with Crippen molar-refractivity contribution in [2.75, 3.05) is 39.9 Å². The second kappa shape index (κ2) is 9.71. The number of ether oxygens (including phenoxy) is 1. The van der Waals surface area contributed by atoms with Crippen molar-refractivity contribution in [2.45, 2.75) is 25.4 Å². The van der Waals surface area contributed by atoms with Gasteiger partial charge in [0.05, 0.1) is 12.6 Å². The van der Waals surface area contributed by atoms with Gasteiger partial charge in [-0.1, -0.05) is 12.1 Å². The molecule has 1 heterocycles. The van der Waals surface area contributed by atoms with Crippen molar-refractivity contribution < 1.29 is 19.0 Å². The minimum atomic E-state index is -0.573. The largest absolute Gasteiger partial charge is 0.388 e. The number of hydrogen-bond donors (Lipinski definition) is 2. The number of piperidine rings is 1. The Bertz CT molecular complexity index is 501. The van der Waals surface area contributed by atoms with Gasteiger partial charge in [-0.2, -0.15) is 0 Å². The molecule has 0 radical (unpaired) electrons. The lowest BCUT2D eigenvalue weighted by atomic mass is 9.87. The highest BCUT2D eigenvalue weighted by Gasteiger charge is 2.26. The summed E-state index contributed by atoms with van der Waals surface area (Å²) in [4.78, 5) is 14.0. The van der Waals surface area contributed by atoms with E-state index in [0.29, 0.717) is 19.7 Å². The third-order valence-corrected chi connectivity index (χ3v) is 4.50. The van der Waals surface area contributed by atoms with E-state index >= 15 is 0 Å². The molecule has 2 rings (SSSR count). The summed E-state index contributed by atoms with van der Waals surface area (Å²) in [5.41, 5.74) is 0.755. The second-order valence-electron chi connectivity index (χ2n) is 6.31. The number of aliphatic hydroxyl groups excluding tert-OH is 1. The monoisotopic (exact) mass is 338 g/mol. The van der Waals surface area contributed by atoms with Crippen LogP contribution in [0.4, 0.5) is 4.39 Å². The number of halogens is 1. The summed E-state index contributed by atoms with van der Waals surface area (Å²) in [5.74, 6) is -0.114. The van der Waals surface area contributed by atoms with E-state index in [1.54, 1.807) is 19.2 Å². The summed E-state index contributed by atoms with van der Waals surface area (Å²) in [7, 11) is 1.65. The van der Waals surface area contributed by atoms with Crippen molar-refractivity contribution in [2.24, 2.45) is 5.92 Å². The Balaban J connectivity index is 1.71. The Kier molecular flexibility index (Phi) is 7.62. The second-order valence-corrected chi connectivity index (χ2v) is 6.31. The van der Waals surface area contributed by atoms with Crippen LogP contribution in [0.15, 0.2) is 24.3 Å². The van der Waals surface area contributed by atoms with Crippen LogP contribution in [-0.2, 0) is 9.53 Å². The van der Waals surface area contributed by atoms with Gasteiger partial charge in [0.2, 0.25) is 5.91 Å². The van der Waals surface area contributed by atoms with Crippen LogP contribution in [0.5, 0.6) is 0 Å². The van der Waals surface area contributed by atoms with Gasteiger partial charge in [-0.05, 0) is 56.0 Å². The van der Waals surface area contributed by atoms with Gasteiger partial charge in [0.15, 0.2) is 0 Å². The average Bonchev–Trinajstić information content (AvgIpc) is 2.59. The molecule has 1 aliphatic heterocycles. The predicted molar refractivity (Wildman–Crippen MR) is 90.0 cm³/mol. The molecular formula is C18H27FN2O3. The zero-order chi connectivity index (χ0) is 17.4. The summed E-state index contributed by atoms with van der Waals surface area (Å²) >= 11 is 0. The number of rotatable bonds is 8. The Morgan fingerprint density at radius 2 is 2.04 bits per heavy atom. The van der Waals surface area contributed by atoms with E-state index in [-0.39, 0.29) is 17.6 Å². The molecule has 1 aromatic rings. The van der Waals surface area contributed by atoms with Crippen LogP contribution in [0.3, 0.4) is 0 Å². The van der Waals surface area contributed by atoms with Gasteiger partial charge in [0, 0.05) is 20.3 Å². The number of benzene rings is 1. The molecule has 1 unspecified atom stereocenters. The first-order chi connectivity index (χ1) is 11.6. The normalized spacial score (nSPS) is 17.6. The molecule has 1 atom stereocenters. The number of likely N-dealkylation sites (tertiary alicyclic amines) is 1. The molecule has 2 N–H and O–H groups in total. The van der Waals surface area contributed by atoms with Gasteiger partial charge in [0.1, 0.15) is 5.82 Å².